The summed E-state index contributed by atoms with van der Waals surface area (Å²) in [4.78, 5) is 38.1. The second kappa shape index (κ2) is 51.8. The van der Waals surface area contributed by atoms with E-state index >= 15 is 0 Å². The Bertz CT molecular complexity index is 995. The van der Waals surface area contributed by atoms with Gasteiger partial charge in [0.25, 0.3) is 0 Å². The predicted octanol–water partition coefficient (Wildman–Crippen LogP) is 19.3. The van der Waals surface area contributed by atoms with Gasteiger partial charge >= 0.3 is 17.9 Å². The number of unbranched alkanes of at least 4 members (excludes halogenated alkanes) is 37. The average Bonchev–Trinajstić information content (AvgIpc) is 3.29. The van der Waals surface area contributed by atoms with Crippen LogP contribution in [-0.4, -0.2) is 37.2 Å². The Morgan fingerprint density at radius 3 is 0.877 bits per heavy atom. The molecule has 0 fully saturated rings. The Morgan fingerprint density at radius 2 is 0.585 bits per heavy atom. The number of hydrogen-bond acceptors (Lipinski definition) is 6. The Kier molecular flexibility index (Phi) is 50.5. The lowest BCUT2D eigenvalue weighted by molar-refractivity contribution is -0.167. The van der Waals surface area contributed by atoms with Crippen molar-refractivity contribution in [1.82, 2.24) is 0 Å². The van der Waals surface area contributed by atoms with E-state index in [1.807, 2.05) is 0 Å². The van der Waals surface area contributed by atoms with Gasteiger partial charge in [0.05, 0.1) is 0 Å². The summed E-state index contributed by atoms with van der Waals surface area (Å²) >= 11 is 0. The molecule has 0 aromatic heterocycles. The highest BCUT2D eigenvalue weighted by molar-refractivity contribution is 5.71. The lowest BCUT2D eigenvalue weighted by Crippen LogP contribution is -2.30. The third-order valence-electron chi connectivity index (χ3n) is 13.8. The molecule has 386 valence electrons. The predicted molar refractivity (Wildman–Crippen MR) is 280 cm³/mol. The summed E-state index contributed by atoms with van der Waals surface area (Å²) in [6, 6.07) is 0. The van der Waals surface area contributed by atoms with E-state index < -0.39 is 6.10 Å². The summed E-state index contributed by atoms with van der Waals surface area (Å²) in [7, 11) is 0. The van der Waals surface area contributed by atoms with E-state index in [0.29, 0.717) is 19.3 Å². The lowest BCUT2D eigenvalue weighted by Gasteiger charge is -2.18. The maximum atomic E-state index is 12.8. The summed E-state index contributed by atoms with van der Waals surface area (Å²) in [6.07, 6.45) is 55.1. The molecule has 0 radical (unpaired) electrons. The molecular formula is C59H114O6. The van der Waals surface area contributed by atoms with Gasteiger partial charge in [-0.1, -0.05) is 291 Å². The molecule has 6 heteroatoms. The van der Waals surface area contributed by atoms with Gasteiger partial charge in [0.15, 0.2) is 6.10 Å². The highest BCUT2D eigenvalue weighted by Crippen LogP contribution is 2.19. The number of hydrogen-bond donors (Lipinski definition) is 0. The fraction of sp³-hybridized carbons (Fsp3) is 0.949. The van der Waals surface area contributed by atoms with Crippen LogP contribution >= 0.6 is 0 Å². The second-order valence-corrected chi connectivity index (χ2v) is 21.0. The van der Waals surface area contributed by atoms with E-state index in [2.05, 4.69) is 34.6 Å². The highest BCUT2D eigenvalue weighted by Gasteiger charge is 2.19. The van der Waals surface area contributed by atoms with Crippen LogP contribution in [-0.2, 0) is 28.6 Å². The highest BCUT2D eigenvalue weighted by atomic mass is 16.6. The third-order valence-corrected chi connectivity index (χ3v) is 13.8. The van der Waals surface area contributed by atoms with Crippen molar-refractivity contribution in [3.8, 4) is 0 Å². The van der Waals surface area contributed by atoms with Crippen LogP contribution in [0.5, 0.6) is 0 Å². The minimum atomic E-state index is -0.762. The van der Waals surface area contributed by atoms with Gasteiger partial charge in [-0.3, -0.25) is 14.4 Å². The molecule has 0 aliphatic carbocycles. The van der Waals surface area contributed by atoms with Crippen molar-refractivity contribution in [2.24, 2.45) is 11.8 Å². The van der Waals surface area contributed by atoms with Crippen molar-refractivity contribution < 1.29 is 28.6 Å². The first-order valence-electron chi connectivity index (χ1n) is 29.3. The van der Waals surface area contributed by atoms with Gasteiger partial charge in [-0.25, -0.2) is 0 Å². The summed E-state index contributed by atoms with van der Waals surface area (Å²) in [5.74, 6) is 0.902. The zero-order valence-electron chi connectivity index (χ0n) is 44.6. The Hall–Kier alpha value is -1.59. The molecule has 0 heterocycles. The number of carbonyl (C=O) groups excluding carboxylic acids is 3. The van der Waals surface area contributed by atoms with Crippen LogP contribution in [0.4, 0.5) is 0 Å². The molecule has 2 atom stereocenters. The van der Waals surface area contributed by atoms with E-state index in [0.717, 1.165) is 69.6 Å². The number of esters is 3. The normalized spacial score (nSPS) is 12.5. The summed E-state index contributed by atoms with van der Waals surface area (Å²) in [5, 5.41) is 0. The molecule has 0 N–H and O–H groups in total. The van der Waals surface area contributed by atoms with Gasteiger partial charge in [-0.2, -0.15) is 0 Å². The zero-order valence-corrected chi connectivity index (χ0v) is 44.6. The molecule has 0 rings (SSSR count). The summed E-state index contributed by atoms with van der Waals surface area (Å²) in [5.41, 5.74) is 0. The van der Waals surface area contributed by atoms with Crippen molar-refractivity contribution in [2.75, 3.05) is 13.2 Å². The molecule has 0 saturated carbocycles. The number of ether oxygens (including phenoxy) is 3. The van der Waals surface area contributed by atoms with E-state index in [9.17, 15) is 14.4 Å². The zero-order chi connectivity index (χ0) is 47.5. The van der Waals surface area contributed by atoms with Gasteiger partial charge in [0.1, 0.15) is 13.2 Å². The maximum Gasteiger partial charge on any atom is 0.306 e. The quantitative estimate of drug-likeness (QED) is 0.0344. The first-order chi connectivity index (χ1) is 31.8. The van der Waals surface area contributed by atoms with Crippen molar-refractivity contribution in [2.45, 2.75) is 336 Å². The minimum Gasteiger partial charge on any atom is -0.462 e. The Labute approximate surface area is 406 Å². The van der Waals surface area contributed by atoms with Crippen molar-refractivity contribution in [3.63, 3.8) is 0 Å². The van der Waals surface area contributed by atoms with Gasteiger partial charge in [0.2, 0.25) is 0 Å². The van der Waals surface area contributed by atoms with Crippen LogP contribution < -0.4 is 0 Å². The van der Waals surface area contributed by atoms with Crippen LogP contribution in [0.2, 0.25) is 0 Å². The van der Waals surface area contributed by atoms with Gasteiger partial charge < -0.3 is 14.2 Å². The molecule has 6 nitrogen and oxygen atoms in total. The molecule has 0 amide bonds. The van der Waals surface area contributed by atoms with Crippen LogP contribution in [0, 0.1) is 11.8 Å². The largest absolute Gasteiger partial charge is 0.462 e. The smallest absolute Gasteiger partial charge is 0.306 e. The molecule has 0 aliphatic rings. The van der Waals surface area contributed by atoms with Gasteiger partial charge in [0, 0.05) is 19.3 Å². The molecule has 0 aromatic carbocycles. The first kappa shape index (κ1) is 63.4. The maximum absolute atomic E-state index is 12.8. The fourth-order valence-electron chi connectivity index (χ4n) is 9.02. The molecule has 0 aromatic rings. The number of carbonyl (C=O) groups is 3. The third kappa shape index (κ3) is 51.6. The summed E-state index contributed by atoms with van der Waals surface area (Å²) in [6.45, 7) is 11.5. The van der Waals surface area contributed by atoms with Crippen LogP contribution in [0.25, 0.3) is 0 Å². The molecule has 0 aliphatic heterocycles. The molecule has 65 heavy (non-hydrogen) atoms. The fourth-order valence-corrected chi connectivity index (χ4v) is 9.02. The van der Waals surface area contributed by atoms with Crippen molar-refractivity contribution in [3.05, 3.63) is 0 Å². The van der Waals surface area contributed by atoms with Crippen LogP contribution in [0.1, 0.15) is 330 Å². The lowest BCUT2D eigenvalue weighted by atomic mass is 9.99. The van der Waals surface area contributed by atoms with Crippen molar-refractivity contribution >= 4 is 17.9 Å². The second-order valence-electron chi connectivity index (χ2n) is 21.0. The minimum absolute atomic E-state index is 0.0625. The Morgan fingerprint density at radius 1 is 0.323 bits per heavy atom. The van der Waals surface area contributed by atoms with Crippen LogP contribution in [0.15, 0.2) is 0 Å². The van der Waals surface area contributed by atoms with E-state index in [1.165, 1.54) is 218 Å². The molecule has 0 saturated heterocycles. The van der Waals surface area contributed by atoms with E-state index in [1.54, 1.807) is 0 Å². The number of rotatable bonds is 53. The first-order valence-corrected chi connectivity index (χ1v) is 29.3. The molecule has 0 spiro atoms. The van der Waals surface area contributed by atoms with E-state index in [-0.39, 0.29) is 31.1 Å². The SMILES string of the molecule is CCCCCCCCCCCCCCC(=O)O[C@H](COC(=O)CCCCCCCCCCCCCCCCC(C)C)COC(=O)CCCCCCCCCCCCCCCCC(C)CC. The molecular weight excluding hydrogens is 805 g/mol. The monoisotopic (exact) mass is 919 g/mol. The standard InChI is InChI=1S/C59H114O6/c1-6-8-9-10-11-12-13-24-31-36-41-46-51-59(62)65-56(52-63-57(60)49-44-39-34-29-25-20-16-14-18-22-27-32-37-42-47-54(3)4)53-64-58(61)50-45-40-35-30-26-21-17-15-19-23-28-33-38-43-48-55(5)7-2/h54-56H,6-53H2,1-5H3/t55?,56-/m1/s1. The summed E-state index contributed by atoms with van der Waals surface area (Å²) < 4.78 is 16.9. The van der Waals surface area contributed by atoms with Gasteiger partial charge in [-0.05, 0) is 31.1 Å². The topological polar surface area (TPSA) is 78.9 Å². The molecule has 0 bridgehead atoms. The van der Waals surface area contributed by atoms with Crippen LogP contribution in [0.3, 0.4) is 0 Å². The van der Waals surface area contributed by atoms with E-state index in [4.69, 9.17) is 14.2 Å². The van der Waals surface area contributed by atoms with Crippen molar-refractivity contribution in [1.29, 1.82) is 0 Å². The van der Waals surface area contributed by atoms with Gasteiger partial charge in [-0.15, -0.1) is 0 Å². The molecule has 1 unspecified atom stereocenters. The Balaban J connectivity index is 4.26. The average molecular weight is 920 g/mol.